The number of carbonyl (C=O) groups excluding carboxylic acids is 1. The zero-order chi connectivity index (χ0) is 11.6. The lowest BCUT2D eigenvalue weighted by atomic mass is 9.91. The minimum atomic E-state index is -0.263. The quantitative estimate of drug-likeness (QED) is 0.795. The molecular weight excluding hydrogens is 200 g/mol. The Morgan fingerprint density at radius 1 is 1.44 bits per heavy atom. The number of benzene rings is 1. The third-order valence-electron chi connectivity index (χ3n) is 3.28. The van der Waals surface area contributed by atoms with Gasteiger partial charge >= 0.3 is 0 Å². The van der Waals surface area contributed by atoms with Crippen LogP contribution in [0.5, 0.6) is 0 Å². The highest BCUT2D eigenvalue weighted by Crippen LogP contribution is 2.49. The molecule has 1 aliphatic rings. The van der Waals surface area contributed by atoms with E-state index in [1.54, 1.807) is 0 Å². The summed E-state index contributed by atoms with van der Waals surface area (Å²) in [6.45, 7) is 3.12. The number of nitrogens with two attached hydrogens (primary N) is 1. The third-order valence-corrected chi connectivity index (χ3v) is 3.28. The van der Waals surface area contributed by atoms with Gasteiger partial charge in [-0.1, -0.05) is 24.3 Å². The van der Waals surface area contributed by atoms with Gasteiger partial charge in [-0.3, -0.25) is 4.79 Å². The molecule has 16 heavy (non-hydrogen) atoms. The first-order chi connectivity index (χ1) is 7.70. The van der Waals surface area contributed by atoms with E-state index in [1.807, 2.05) is 12.1 Å². The monoisotopic (exact) mass is 218 g/mol. The summed E-state index contributed by atoms with van der Waals surface area (Å²) in [5, 5.41) is 2.90. The van der Waals surface area contributed by atoms with Crippen molar-refractivity contribution in [2.75, 3.05) is 13.1 Å². The van der Waals surface area contributed by atoms with Crippen LogP contribution in [-0.4, -0.2) is 19.0 Å². The molecule has 0 saturated heterocycles. The van der Waals surface area contributed by atoms with Gasteiger partial charge in [0.05, 0.1) is 5.41 Å². The van der Waals surface area contributed by atoms with Crippen LogP contribution in [0.2, 0.25) is 0 Å². The molecule has 1 aromatic rings. The van der Waals surface area contributed by atoms with Crippen LogP contribution in [0, 0.1) is 6.92 Å². The van der Waals surface area contributed by atoms with Crippen LogP contribution in [0.1, 0.15) is 24.0 Å². The molecule has 0 spiro atoms. The van der Waals surface area contributed by atoms with Crippen molar-refractivity contribution in [1.82, 2.24) is 5.32 Å². The molecule has 0 unspecified atom stereocenters. The van der Waals surface area contributed by atoms with E-state index in [2.05, 4.69) is 24.4 Å². The average molecular weight is 218 g/mol. The fourth-order valence-corrected chi connectivity index (χ4v) is 2.21. The van der Waals surface area contributed by atoms with Gasteiger partial charge in [-0.05, 0) is 30.9 Å². The highest BCUT2D eigenvalue weighted by molar-refractivity contribution is 5.91. The number of carbonyl (C=O) groups is 1. The van der Waals surface area contributed by atoms with Crippen LogP contribution in [0.4, 0.5) is 0 Å². The maximum absolute atomic E-state index is 12.1. The molecule has 3 heteroatoms. The van der Waals surface area contributed by atoms with Gasteiger partial charge in [0, 0.05) is 13.1 Å². The summed E-state index contributed by atoms with van der Waals surface area (Å²) >= 11 is 0. The van der Waals surface area contributed by atoms with E-state index in [-0.39, 0.29) is 11.3 Å². The van der Waals surface area contributed by atoms with Gasteiger partial charge in [-0.25, -0.2) is 0 Å². The van der Waals surface area contributed by atoms with Gasteiger partial charge in [0.15, 0.2) is 0 Å². The van der Waals surface area contributed by atoms with Crippen LogP contribution < -0.4 is 11.1 Å². The zero-order valence-corrected chi connectivity index (χ0v) is 9.62. The highest BCUT2D eigenvalue weighted by atomic mass is 16.2. The Hall–Kier alpha value is -1.35. The van der Waals surface area contributed by atoms with Gasteiger partial charge in [0.2, 0.25) is 5.91 Å². The molecule has 3 nitrogen and oxygen atoms in total. The smallest absolute Gasteiger partial charge is 0.230 e. The molecule has 1 aromatic carbocycles. The van der Waals surface area contributed by atoms with E-state index >= 15 is 0 Å². The Morgan fingerprint density at radius 3 is 2.69 bits per heavy atom. The topological polar surface area (TPSA) is 55.1 Å². The molecule has 0 radical (unpaired) electrons. The second kappa shape index (κ2) is 4.26. The zero-order valence-electron chi connectivity index (χ0n) is 9.62. The van der Waals surface area contributed by atoms with Crippen LogP contribution in [0.15, 0.2) is 24.3 Å². The van der Waals surface area contributed by atoms with E-state index in [1.165, 1.54) is 11.1 Å². The maximum atomic E-state index is 12.1. The molecule has 1 aliphatic carbocycles. The van der Waals surface area contributed by atoms with Crippen LogP contribution in [0.25, 0.3) is 0 Å². The molecule has 86 valence electrons. The molecular formula is C13H18N2O. The molecule has 0 aliphatic heterocycles. The lowest BCUT2D eigenvalue weighted by Gasteiger charge is -2.17. The predicted molar refractivity (Wildman–Crippen MR) is 64.2 cm³/mol. The minimum absolute atomic E-state index is 0.132. The molecule has 1 saturated carbocycles. The van der Waals surface area contributed by atoms with Crippen molar-refractivity contribution in [3.05, 3.63) is 35.4 Å². The first-order valence-electron chi connectivity index (χ1n) is 5.75. The van der Waals surface area contributed by atoms with Crippen molar-refractivity contribution >= 4 is 5.91 Å². The van der Waals surface area contributed by atoms with Crippen LogP contribution >= 0.6 is 0 Å². The molecule has 0 bridgehead atoms. The Bertz CT molecular complexity index is 397. The summed E-state index contributed by atoms with van der Waals surface area (Å²) in [6, 6.07) is 8.13. The summed E-state index contributed by atoms with van der Waals surface area (Å²) in [4.78, 5) is 12.1. The number of hydrogen-bond donors (Lipinski definition) is 2. The predicted octanol–water partition coefficient (Wildman–Crippen LogP) is 1.10. The van der Waals surface area contributed by atoms with E-state index in [4.69, 9.17) is 5.73 Å². The van der Waals surface area contributed by atoms with Crippen molar-refractivity contribution in [2.45, 2.75) is 25.2 Å². The fraction of sp³-hybridized carbons (Fsp3) is 0.462. The summed E-state index contributed by atoms with van der Waals surface area (Å²) in [5.74, 6) is 0.132. The van der Waals surface area contributed by atoms with E-state index in [0.29, 0.717) is 13.1 Å². The number of nitrogens with one attached hydrogen (secondary N) is 1. The SMILES string of the molecule is Cc1ccccc1C1(C(=O)NCCN)CC1. The second-order valence-corrected chi connectivity index (χ2v) is 4.44. The minimum Gasteiger partial charge on any atom is -0.354 e. The van der Waals surface area contributed by atoms with Crippen molar-refractivity contribution < 1.29 is 4.79 Å². The molecule has 0 heterocycles. The van der Waals surface area contributed by atoms with Crippen LogP contribution in [0.3, 0.4) is 0 Å². The lowest BCUT2D eigenvalue weighted by molar-refractivity contribution is -0.123. The third kappa shape index (κ3) is 1.83. The molecule has 2 rings (SSSR count). The lowest BCUT2D eigenvalue weighted by Crippen LogP contribution is -2.37. The Labute approximate surface area is 96.0 Å². The average Bonchev–Trinajstić information content (AvgIpc) is 3.08. The number of aryl methyl sites for hydroxylation is 1. The molecule has 0 aromatic heterocycles. The van der Waals surface area contributed by atoms with Gasteiger partial charge in [0.25, 0.3) is 0 Å². The standard InChI is InChI=1S/C13H18N2O/c1-10-4-2-3-5-11(10)13(6-7-13)12(16)15-9-8-14/h2-5H,6-9,14H2,1H3,(H,15,16). The van der Waals surface area contributed by atoms with Gasteiger partial charge in [-0.2, -0.15) is 0 Å². The first-order valence-corrected chi connectivity index (χ1v) is 5.75. The van der Waals surface area contributed by atoms with Crippen molar-refractivity contribution in [3.8, 4) is 0 Å². The number of rotatable bonds is 4. The molecule has 0 atom stereocenters. The number of hydrogen-bond acceptors (Lipinski definition) is 2. The summed E-state index contributed by atoms with van der Waals surface area (Å²) in [7, 11) is 0. The molecule has 3 N–H and O–H groups in total. The van der Waals surface area contributed by atoms with Crippen LogP contribution in [-0.2, 0) is 10.2 Å². The summed E-state index contributed by atoms with van der Waals surface area (Å²) in [6.07, 6.45) is 1.91. The van der Waals surface area contributed by atoms with E-state index in [0.717, 1.165) is 12.8 Å². The summed E-state index contributed by atoms with van der Waals surface area (Å²) in [5.41, 5.74) is 7.50. The molecule has 1 fully saturated rings. The van der Waals surface area contributed by atoms with Gasteiger partial charge in [0.1, 0.15) is 0 Å². The molecule has 1 amide bonds. The number of amides is 1. The Kier molecular flexibility index (Phi) is 2.97. The fourth-order valence-electron chi connectivity index (χ4n) is 2.21. The van der Waals surface area contributed by atoms with Gasteiger partial charge in [-0.15, -0.1) is 0 Å². The Morgan fingerprint density at radius 2 is 2.12 bits per heavy atom. The summed E-state index contributed by atoms with van der Waals surface area (Å²) < 4.78 is 0. The van der Waals surface area contributed by atoms with Crippen molar-refractivity contribution in [2.24, 2.45) is 5.73 Å². The van der Waals surface area contributed by atoms with Crippen molar-refractivity contribution in [3.63, 3.8) is 0 Å². The normalized spacial score (nSPS) is 16.9. The first kappa shape index (κ1) is 11.1. The Balaban J connectivity index is 2.20. The van der Waals surface area contributed by atoms with Crippen molar-refractivity contribution in [1.29, 1.82) is 0 Å². The second-order valence-electron chi connectivity index (χ2n) is 4.44. The van der Waals surface area contributed by atoms with E-state index < -0.39 is 0 Å². The van der Waals surface area contributed by atoms with E-state index in [9.17, 15) is 4.79 Å². The largest absolute Gasteiger partial charge is 0.354 e. The highest BCUT2D eigenvalue weighted by Gasteiger charge is 2.51. The maximum Gasteiger partial charge on any atom is 0.230 e. The van der Waals surface area contributed by atoms with Gasteiger partial charge < -0.3 is 11.1 Å².